The third kappa shape index (κ3) is 3.27. The van der Waals surface area contributed by atoms with Gasteiger partial charge in [0.25, 0.3) is 6.23 Å². The van der Waals surface area contributed by atoms with E-state index in [1.54, 1.807) is 24.3 Å². The first kappa shape index (κ1) is 14.2. The van der Waals surface area contributed by atoms with Gasteiger partial charge < -0.3 is 10.1 Å². The summed E-state index contributed by atoms with van der Waals surface area (Å²) in [6.45, 7) is 1.73. The first-order valence-corrected chi connectivity index (χ1v) is 6.56. The Bertz CT molecular complexity index is 524. The summed E-state index contributed by atoms with van der Waals surface area (Å²) >= 11 is 0. The van der Waals surface area contributed by atoms with Gasteiger partial charge in [-0.2, -0.15) is 13.2 Å². The van der Waals surface area contributed by atoms with Gasteiger partial charge in [0.2, 0.25) is 0 Å². The molecule has 2 aliphatic rings. The van der Waals surface area contributed by atoms with E-state index >= 15 is 0 Å². The van der Waals surface area contributed by atoms with Crippen molar-refractivity contribution in [2.45, 2.75) is 24.9 Å². The van der Waals surface area contributed by atoms with Crippen molar-refractivity contribution in [3.05, 3.63) is 29.8 Å². The average Bonchev–Trinajstić information content (AvgIpc) is 3.09. The highest BCUT2D eigenvalue weighted by Gasteiger charge is 2.44. The number of benzene rings is 1. The molecule has 0 bridgehead atoms. The quantitative estimate of drug-likeness (QED) is 0.890. The molecule has 21 heavy (non-hydrogen) atoms. The maximum absolute atomic E-state index is 12.4. The van der Waals surface area contributed by atoms with Gasteiger partial charge in [-0.1, -0.05) is 0 Å². The van der Waals surface area contributed by atoms with Gasteiger partial charge in [-0.05, 0) is 37.2 Å². The number of ether oxygens (including phenoxy) is 1. The lowest BCUT2D eigenvalue weighted by Gasteiger charge is -2.12. The van der Waals surface area contributed by atoms with E-state index in [9.17, 15) is 13.2 Å². The van der Waals surface area contributed by atoms with Crippen molar-refractivity contribution in [3.63, 3.8) is 0 Å². The van der Waals surface area contributed by atoms with Gasteiger partial charge in [-0.25, -0.2) is 15.3 Å². The van der Waals surface area contributed by atoms with Gasteiger partial charge in [0.05, 0.1) is 0 Å². The van der Waals surface area contributed by atoms with Crippen LogP contribution in [0.3, 0.4) is 0 Å². The van der Waals surface area contributed by atoms with Gasteiger partial charge >= 0.3 is 6.18 Å². The fourth-order valence-corrected chi connectivity index (χ4v) is 2.17. The van der Waals surface area contributed by atoms with E-state index in [2.05, 4.69) is 20.6 Å². The first-order valence-electron chi connectivity index (χ1n) is 6.56. The molecule has 0 saturated carbocycles. The van der Waals surface area contributed by atoms with Crippen molar-refractivity contribution in [1.29, 1.82) is 0 Å². The van der Waals surface area contributed by atoms with Crippen molar-refractivity contribution < 1.29 is 22.7 Å². The van der Waals surface area contributed by atoms with E-state index in [-0.39, 0.29) is 11.9 Å². The summed E-state index contributed by atoms with van der Waals surface area (Å²) in [5, 5.41) is 3.19. The number of alkyl halides is 3. The Morgan fingerprint density at radius 1 is 1.24 bits per heavy atom. The molecule has 2 atom stereocenters. The Morgan fingerprint density at radius 2 is 2.00 bits per heavy atom. The van der Waals surface area contributed by atoms with Crippen LogP contribution >= 0.6 is 0 Å². The molecular formula is C13H14F3N3O2. The molecule has 114 valence electrons. The van der Waals surface area contributed by atoms with E-state index in [4.69, 9.17) is 4.74 Å². The third-order valence-corrected chi connectivity index (χ3v) is 3.24. The smallest absolute Gasteiger partial charge is 0.437 e. The average molecular weight is 301 g/mol. The summed E-state index contributed by atoms with van der Waals surface area (Å²) in [5.41, 5.74) is 2.71. The van der Waals surface area contributed by atoms with E-state index in [1.165, 1.54) is 0 Å². The predicted molar refractivity (Wildman–Crippen MR) is 68.9 cm³/mol. The topological polar surface area (TPSA) is 54.9 Å². The van der Waals surface area contributed by atoms with Gasteiger partial charge in [0, 0.05) is 12.1 Å². The number of hydrogen-bond donors (Lipinski definition) is 2. The fourth-order valence-electron chi connectivity index (χ4n) is 2.17. The van der Waals surface area contributed by atoms with Crippen molar-refractivity contribution in [1.82, 2.24) is 10.8 Å². The van der Waals surface area contributed by atoms with E-state index in [1.807, 2.05) is 0 Å². The number of nitrogens with one attached hydrogen (secondary N) is 2. The summed E-state index contributed by atoms with van der Waals surface area (Å²) in [5.74, 6) is 0.741. The number of aliphatic imine (C=N–C) groups is 1. The second-order valence-electron chi connectivity index (χ2n) is 4.85. The molecule has 0 aliphatic carbocycles. The first-order chi connectivity index (χ1) is 10.0. The number of hydrogen-bond acceptors (Lipinski definition) is 5. The van der Waals surface area contributed by atoms with Gasteiger partial charge in [0.1, 0.15) is 11.9 Å². The van der Waals surface area contributed by atoms with Crippen LogP contribution in [0.25, 0.3) is 0 Å². The van der Waals surface area contributed by atoms with Crippen LogP contribution in [0.4, 0.5) is 13.2 Å². The fraction of sp³-hybridized carbons (Fsp3) is 0.462. The third-order valence-electron chi connectivity index (χ3n) is 3.24. The molecule has 3 rings (SSSR count). The molecule has 2 aliphatic heterocycles. The van der Waals surface area contributed by atoms with Crippen molar-refractivity contribution >= 4 is 5.84 Å². The summed E-state index contributed by atoms with van der Waals surface area (Å²) in [4.78, 5) is 7.87. The van der Waals surface area contributed by atoms with E-state index < -0.39 is 12.4 Å². The minimum Gasteiger partial charge on any atom is -0.489 e. The molecule has 1 fully saturated rings. The van der Waals surface area contributed by atoms with Crippen LogP contribution < -0.4 is 15.5 Å². The maximum atomic E-state index is 12.4. The molecule has 1 aromatic rings. The molecule has 0 amide bonds. The molecule has 2 N–H and O–H groups in total. The molecule has 8 heteroatoms. The zero-order valence-electron chi connectivity index (χ0n) is 11.0. The number of amidine groups is 1. The molecule has 5 nitrogen and oxygen atoms in total. The molecule has 0 radical (unpaired) electrons. The second-order valence-corrected chi connectivity index (χ2v) is 4.85. The van der Waals surface area contributed by atoms with Gasteiger partial charge in [0.15, 0.2) is 5.84 Å². The standard InChI is InChI=1S/C13H14F3N3O2/c14-13(15,16)12-18-11(19-21-12)8-1-3-9(4-2-8)20-10-5-6-17-7-10/h1-4,10,12,17H,5-7H2,(H,18,19). The maximum Gasteiger partial charge on any atom is 0.437 e. The number of rotatable bonds is 3. The van der Waals surface area contributed by atoms with Gasteiger partial charge in [-0.15, -0.1) is 0 Å². The molecule has 2 unspecified atom stereocenters. The highest BCUT2D eigenvalue weighted by molar-refractivity contribution is 5.98. The molecule has 0 spiro atoms. The van der Waals surface area contributed by atoms with Crippen molar-refractivity contribution in [3.8, 4) is 5.75 Å². The molecular weight excluding hydrogens is 287 g/mol. The lowest BCUT2D eigenvalue weighted by atomic mass is 10.2. The molecule has 1 aromatic carbocycles. The number of halogens is 3. The van der Waals surface area contributed by atoms with E-state index in [0.29, 0.717) is 11.3 Å². The van der Waals surface area contributed by atoms with Gasteiger partial charge in [-0.3, -0.25) is 0 Å². The second kappa shape index (κ2) is 5.53. The number of nitrogens with zero attached hydrogens (tertiary/aromatic N) is 1. The Hall–Kier alpha value is -1.80. The molecule has 0 aromatic heterocycles. The Morgan fingerprint density at radius 3 is 2.57 bits per heavy atom. The Labute approximate surface area is 119 Å². The minimum absolute atomic E-state index is 0.0615. The minimum atomic E-state index is -4.52. The van der Waals surface area contributed by atoms with Crippen LogP contribution in [-0.2, 0) is 4.84 Å². The van der Waals surface area contributed by atoms with Crippen LogP contribution in [-0.4, -0.2) is 37.4 Å². The molecule has 1 saturated heterocycles. The Balaban J connectivity index is 1.67. The largest absolute Gasteiger partial charge is 0.489 e. The summed E-state index contributed by atoms with van der Waals surface area (Å²) in [6.07, 6.45) is -5.60. The van der Waals surface area contributed by atoms with E-state index in [0.717, 1.165) is 19.5 Å². The van der Waals surface area contributed by atoms with Crippen LogP contribution in [0.2, 0.25) is 0 Å². The normalized spacial score (nSPS) is 25.6. The summed E-state index contributed by atoms with van der Waals surface area (Å²) in [6, 6.07) is 6.70. The lowest BCUT2D eigenvalue weighted by Crippen LogP contribution is -2.29. The zero-order valence-corrected chi connectivity index (χ0v) is 11.0. The zero-order chi connectivity index (χ0) is 14.9. The van der Waals surface area contributed by atoms with Crippen LogP contribution in [0.5, 0.6) is 5.75 Å². The van der Waals surface area contributed by atoms with Crippen molar-refractivity contribution in [2.24, 2.45) is 4.99 Å². The van der Waals surface area contributed by atoms with Crippen LogP contribution in [0.1, 0.15) is 12.0 Å². The van der Waals surface area contributed by atoms with Crippen LogP contribution in [0.15, 0.2) is 29.3 Å². The molecule has 2 heterocycles. The van der Waals surface area contributed by atoms with Crippen LogP contribution in [0, 0.1) is 0 Å². The van der Waals surface area contributed by atoms with Crippen molar-refractivity contribution in [2.75, 3.05) is 13.1 Å². The monoisotopic (exact) mass is 301 g/mol. The highest BCUT2D eigenvalue weighted by Crippen LogP contribution is 2.26. The summed E-state index contributed by atoms with van der Waals surface area (Å²) in [7, 11) is 0. The summed E-state index contributed by atoms with van der Waals surface area (Å²) < 4.78 is 43.1. The SMILES string of the molecule is FC(F)(F)C1N=C(c2ccc(OC3CCNC3)cc2)NO1. The highest BCUT2D eigenvalue weighted by atomic mass is 19.4. The Kier molecular flexibility index (Phi) is 3.73. The lowest BCUT2D eigenvalue weighted by molar-refractivity contribution is -0.220. The number of hydroxylamine groups is 1. The predicted octanol–water partition coefficient (Wildman–Crippen LogP) is 1.60.